The van der Waals surface area contributed by atoms with Crippen LogP contribution in [0.4, 0.5) is 0 Å². The van der Waals surface area contributed by atoms with Crippen molar-refractivity contribution in [1.82, 2.24) is 0 Å². The normalized spacial score (nSPS) is 15.2. The Morgan fingerprint density at radius 3 is 2.71 bits per heavy atom. The fraction of sp³-hybridized carbons (Fsp3) is 0.400. The predicted octanol–water partition coefficient (Wildman–Crippen LogP) is 2.35. The zero-order valence-corrected chi connectivity index (χ0v) is 10.3. The maximum atomic E-state index is 9.03. The molecule has 0 fully saturated rings. The third-order valence-corrected chi connectivity index (χ3v) is 2.94. The second-order valence-corrected chi connectivity index (χ2v) is 5.02. The first-order valence-electron chi connectivity index (χ1n) is 4.28. The van der Waals surface area contributed by atoms with Crippen molar-refractivity contribution in [3.63, 3.8) is 0 Å². The zero-order chi connectivity index (χ0) is 10.8. The average Bonchev–Trinajstić information content (AvgIpc) is 2.10. The fourth-order valence-corrected chi connectivity index (χ4v) is 1.98. The molecule has 1 aromatic rings. The summed E-state index contributed by atoms with van der Waals surface area (Å²) in [7, 11) is 0. The molecule has 0 aliphatic carbocycles. The summed E-state index contributed by atoms with van der Waals surface area (Å²) in [6.07, 6.45) is 0.612. The molecule has 78 valence electrons. The quantitative estimate of drug-likeness (QED) is 0.891. The van der Waals surface area contributed by atoms with Crippen molar-refractivity contribution in [2.45, 2.75) is 18.9 Å². The van der Waals surface area contributed by atoms with E-state index in [1.54, 1.807) is 0 Å². The first kappa shape index (κ1) is 12.0. The van der Waals surface area contributed by atoms with Gasteiger partial charge in [0.05, 0.1) is 6.61 Å². The summed E-state index contributed by atoms with van der Waals surface area (Å²) in [5.74, 6) is 0. The summed E-state index contributed by atoms with van der Waals surface area (Å²) in [5.41, 5.74) is 6.31. The van der Waals surface area contributed by atoms with E-state index in [-0.39, 0.29) is 6.61 Å². The number of aliphatic hydroxyl groups is 1. The molecule has 14 heavy (non-hydrogen) atoms. The maximum absolute atomic E-state index is 9.03. The SMILES string of the molecule is CC(N)(CO)Cc1ccc(Cl)cc1Br. The minimum atomic E-state index is -0.587. The van der Waals surface area contributed by atoms with Gasteiger partial charge in [-0.1, -0.05) is 33.6 Å². The summed E-state index contributed by atoms with van der Waals surface area (Å²) in [5, 5.41) is 9.72. The first-order chi connectivity index (χ1) is 6.44. The second kappa shape index (κ2) is 4.62. The van der Waals surface area contributed by atoms with Crippen LogP contribution in [0.2, 0.25) is 5.02 Å². The van der Waals surface area contributed by atoms with Gasteiger partial charge in [-0.05, 0) is 31.0 Å². The van der Waals surface area contributed by atoms with Crippen molar-refractivity contribution >= 4 is 27.5 Å². The minimum absolute atomic E-state index is 0.0396. The molecule has 1 rings (SSSR count). The van der Waals surface area contributed by atoms with Crippen LogP contribution in [0, 0.1) is 0 Å². The minimum Gasteiger partial charge on any atom is -0.394 e. The molecule has 1 aromatic carbocycles. The smallest absolute Gasteiger partial charge is 0.0611 e. The number of rotatable bonds is 3. The van der Waals surface area contributed by atoms with Gasteiger partial charge in [-0.3, -0.25) is 0 Å². The van der Waals surface area contributed by atoms with Crippen LogP contribution in [-0.2, 0) is 6.42 Å². The van der Waals surface area contributed by atoms with Gasteiger partial charge in [-0.15, -0.1) is 0 Å². The van der Waals surface area contributed by atoms with Crippen LogP contribution in [0.15, 0.2) is 22.7 Å². The molecule has 1 unspecified atom stereocenters. The van der Waals surface area contributed by atoms with Crippen LogP contribution < -0.4 is 5.73 Å². The Bertz CT molecular complexity index is 328. The van der Waals surface area contributed by atoms with E-state index in [1.807, 2.05) is 25.1 Å². The molecule has 0 spiro atoms. The van der Waals surface area contributed by atoms with Gasteiger partial charge in [0, 0.05) is 15.0 Å². The topological polar surface area (TPSA) is 46.2 Å². The Labute approximate surface area is 97.2 Å². The summed E-state index contributed by atoms with van der Waals surface area (Å²) >= 11 is 9.22. The van der Waals surface area contributed by atoms with Crippen LogP contribution in [0.3, 0.4) is 0 Å². The fourth-order valence-electron chi connectivity index (χ4n) is 1.16. The molecule has 0 aliphatic heterocycles. The summed E-state index contributed by atoms with van der Waals surface area (Å²) < 4.78 is 0.926. The van der Waals surface area contributed by atoms with E-state index in [9.17, 15) is 0 Å². The third-order valence-electron chi connectivity index (χ3n) is 1.97. The Morgan fingerprint density at radius 1 is 1.57 bits per heavy atom. The Hall–Kier alpha value is -0.0900. The monoisotopic (exact) mass is 277 g/mol. The summed E-state index contributed by atoms with van der Waals surface area (Å²) in [6.45, 7) is 1.77. The highest BCUT2D eigenvalue weighted by Crippen LogP contribution is 2.24. The molecule has 3 N–H and O–H groups in total. The highest BCUT2D eigenvalue weighted by atomic mass is 79.9. The highest BCUT2D eigenvalue weighted by molar-refractivity contribution is 9.10. The largest absolute Gasteiger partial charge is 0.394 e. The molecule has 2 nitrogen and oxygen atoms in total. The highest BCUT2D eigenvalue weighted by Gasteiger charge is 2.18. The zero-order valence-electron chi connectivity index (χ0n) is 7.93. The Kier molecular flexibility index (Phi) is 3.95. The van der Waals surface area contributed by atoms with Crippen LogP contribution in [0.5, 0.6) is 0 Å². The molecule has 0 amide bonds. The molecule has 1 atom stereocenters. The molecule has 0 bridgehead atoms. The van der Waals surface area contributed by atoms with Crippen LogP contribution >= 0.6 is 27.5 Å². The van der Waals surface area contributed by atoms with Gasteiger partial charge in [0.25, 0.3) is 0 Å². The lowest BCUT2D eigenvalue weighted by Gasteiger charge is -2.22. The molecule has 0 aliphatic rings. The van der Waals surface area contributed by atoms with E-state index in [0.717, 1.165) is 10.0 Å². The van der Waals surface area contributed by atoms with E-state index in [1.165, 1.54) is 0 Å². The molecule has 0 aromatic heterocycles. The van der Waals surface area contributed by atoms with Crippen molar-refractivity contribution in [2.24, 2.45) is 5.73 Å². The number of benzene rings is 1. The molecule has 4 heteroatoms. The molecular formula is C10H13BrClNO. The van der Waals surface area contributed by atoms with Crippen molar-refractivity contribution in [2.75, 3.05) is 6.61 Å². The van der Waals surface area contributed by atoms with Gasteiger partial charge in [-0.2, -0.15) is 0 Å². The van der Waals surface area contributed by atoms with E-state index < -0.39 is 5.54 Å². The van der Waals surface area contributed by atoms with E-state index in [4.69, 9.17) is 22.4 Å². The van der Waals surface area contributed by atoms with Gasteiger partial charge >= 0.3 is 0 Å². The van der Waals surface area contributed by atoms with Crippen molar-refractivity contribution in [3.05, 3.63) is 33.3 Å². The van der Waals surface area contributed by atoms with Gasteiger partial charge in [0.2, 0.25) is 0 Å². The summed E-state index contributed by atoms with van der Waals surface area (Å²) in [4.78, 5) is 0. The predicted molar refractivity (Wildman–Crippen MR) is 62.5 cm³/mol. The van der Waals surface area contributed by atoms with Crippen LogP contribution in [-0.4, -0.2) is 17.3 Å². The third kappa shape index (κ3) is 3.24. The van der Waals surface area contributed by atoms with E-state index >= 15 is 0 Å². The van der Waals surface area contributed by atoms with Gasteiger partial charge in [0.15, 0.2) is 0 Å². The average molecular weight is 279 g/mol. The van der Waals surface area contributed by atoms with Crippen molar-refractivity contribution in [3.8, 4) is 0 Å². The number of hydrogen-bond donors (Lipinski definition) is 2. The maximum Gasteiger partial charge on any atom is 0.0611 e. The molecule has 0 saturated heterocycles. The summed E-state index contributed by atoms with van der Waals surface area (Å²) in [6, 6.07) is 5.55. The Balaban J connectivity index is 2.87. The first-order valence-corrected chi connectivity index (χ1v) is 5.45. The lowest BCUT2D eigenvalue weighted by atomic mass is 9.95. The lowest BCUT2D eigenvalue weighted by Crippen LogP contribution is -2.42. The van der Waals surface area contributed by atoms with E-state index in [0.29, 0.717) is 11.4 Å². The van der Waals surface area contributed by atoms with Crippen molar-refractivity contribution in [1.29, 1.82) is 0 Å². The number of aliphatic hydroxyl groups excluding tert-OH is 1. The Morgan fingerprint density at radius 2 is 2.21 bits per heavy atom. The van der Waals surface area contributed by atoms with Gasteiger partial charge in [-0.25, -0.2) is 0 Å². The molecule has 0 radical (unpaired) electrons. The van der Waals surface area contributed by atoms with Crippen molar-refractivity contribution < 1.29 is 5.11 Å². The van der Waals surface area contributed by atoms with E-state index in [2.05, 4.69) is 15.9 Å². The molecule has 0 heterocycles. The van der Waals surface area contributed by atoms with Gasteiger partial charge < -0.3 is 10.8 Å². The number of nitrogens with two attached hydrogens (primary N) is 1. The lowest BCUT2D eigenvalue weighted by molar-refractivity contribution is 0.208. The standard InChI is InChI=1S/C10H13BrClNO/c1-10(13,6-14)5-7-2-3-8(12)4-9(7)11/h2-4,14H,5-6,13H2,1H3. The van der Waals surface area contributed by atoms with Gasteiger partial charge in [0.1, 0.15) is 0 Å². The number of hydrogen-bond acceptors (Lipinski definition) is 2. The van der Waals surface area contributed by atoms with Crippen LogP contribution in [0.25, 0.3) is 0 Å². The second-order valence-electron chi connectivity index (χ2n) is 3.72. The molecular weight excluding hydrogens is 265 g/mol. The molecule has 0 saturated carbocycles. The van der Waals surface area contributed by atoms with Crippen LogP contribution in [0.1, 0.15) is 12.5 Å². The number of halogens is 2.